The highest BCUT2D eigenvalue weighted by Gasteiger charge is 2.19. The molecule has 1 aromatic carbocycles. The van der Waals surface area contributed by atoms with Crippen LogP contribution in [0.3, 0.4) is 0 Å². The minimum Gasteiger partial charge on any atom is -1.00 e. The average Bonchev–Trinajstić information content (AvgIpc) is 2.43. The minimum absolute atomic E-state index is 0. The number of fused-ring (bicyclic) bond motifs is 1. The molecule has 2 rings (SSSR count). The number of rotatable bonds is 1. The normalized spacial score (nSPS) is 13.5. The molecule has 0 radical (unpaired) electrons. The molecule has 0 N–H and O–H groups in total. The Balaban J connectivity index is 0.000000980. The zero-order chi connectivity index (χ0) is 9.42. The van der Waals surface area contributed by atoms with Gasteiger partial charge in [0, 0.05) is 11.9 Å². The highest BCUT2D eigenvalue weighted by atomic mass is 127. The summed E-state index contributed by atoms with van der Waals surface area (Å²) in [6.07, 6.45) is 1.86. The summed E-state index contributed by atoms with van der Waals surface area (Å²) < 4.78 is 0. The fourth-order valence-electron chi connectivity index (χ4n) is 1.34. The Morgan fingerprint density at radius 3 is 2.79 bits per heavy atom. The molecule has 74 valence electrons. The first-order chi connectivity index (χ1) is 6.22. The van der Waals surface area contributed by atoms with Crippen molar-refractivity contribution in [1.29, 1.82) is 0 Å². The van der Waals surface area contributed by atoms with Crippen LogP contribution in [0.1, 0.15) is 5.56 Å². The first-order valence-corrected chi connectivity index (χ1v) is 4.91. The van der Waals surface area contributed by atoms with Crippen LogP contribution in [0, 0.1) is 0 Å². The van der Waals surface area contributed by atoms with Gasteiger partial charge < -0.3 is 28.9 Å². The lowest BCUT2D eigenvalue weighted by molar-refractivity contribution is -0.00000250. The third kappa shape index (κ3) is 1.83. The second kappa shape index (κ2) is 4.40. The molecule has 0 bridgehead atoms. The molecular weight excluding hydrogens is 305 g/mol. The van der Waals surface area contributed by atoms with Crippen LogP contribution in [0.5, 0.6) is 0 Å². The van der Waals surface area contributed by atoms with E-state index in [-0.39, 0.29) is 24.0 Å². The van der Waals surface area contributed by atoms with E-state index in [4.69, 9.17) is 0 Å². The summed E-state index contributed by atoms with van der Waals surface area (Å²) in [5, 5.41) is 1.08. The molecule has 0 amide bonds. The first-order valence-electron chi connectivity index (χ1n) is 4.09. The molecule has 0 saturated heterocycles. The topological polar surface area (TPSA) is 3.24 Å². The number of hydrogen-bond donors (Lipinski definition) is 0. The molecule has 0 atom stereocenters. The second-order valence-electron chi connectivity index (χ2n) is 2.99. The lowest BCUT2D eigenvalue weighted by Crippen LogP contribution is -3.00. The Hall–Kier alpha value is -0.420. The summed E-state index contributed by atoms with van der Waals surface area (Å²) in [7, 11) is 2.04. The van der Waals surface area contributed by atoms with E-state index in [1.54, 1.807) is 11.8 Å². The van der Waals surface area contributed by atoms with Gasteiger partial charge in [0.05, 0.1) is 10.7 Å². The van der Waals surface area contributed by atoms with Crippen molar-refractivity contribution < 1.29 is 24.0 Å². The maximum absolute atomic E-state index is 3.97. The molecule has 1 nitrogen and oxygen atoms in total. The molecule has 14 heavy (non-hydrogen) atoms. The Kier molecular flexibility index (Phi) is 3.66. The second-order valence-corrected chi connectivity index (χ2v) is 4.10. The number of anilines is 1. The van der Waals surface area contributed by atoms with E-state index in [2.05, 4.69) is 36.3 Å². The smallest absolute Gasteiger partial charge is 0.0725 e. The summed E-state index contributed by atoms with van der Waals surface area (Å²) in [6, 6.07) is 6.32. The van der Waals surface area contributed by atoms with Gasteiger partial charge in [0.15, 0.2) is 0 Å². The zero-order valence-corrected chi connectivity index (χ0v) is 10.9. The van der Waals surface area contributed by atoms with Gasteiger partial charge in [0.2, 0.25) is 0 Å². The van der Waals surface area contributed by atoms with Gasteiger partial charge in [-0.2, -0.15) is 0 Å². The van der Waals surface area contributed by atoms with Crippen molar-refractivity contribution in [2.24, 2.45) is 0 Å². The van der Waals surface area contributed by atoms with E-state index in [0.717, 1.165) is 10.6 Å². The monoisotopic (exact) mass is 316 g/mol. The van der Waals surface area contributed by atoms with Gasteiger partial charge in [0.1, 0.15) is 0 Å². The molecule has 0 aromatic heterocycles. The van der Waals surface area contributed by atoms with Crippen molar-refractivity contribution in [2.75, 3.05) is 11.9 Å². The van der Waals surface area contributed by atoms with Gasteiger partial charge in [-0.3, -0.25) is 0 Å². The standard InChI is InChI=1S/C11H11NS.HI/c1-4-9-5-6-11-10(7-9)12(3)8(2)13-11;/h4-7H,1-2H2,3H3;1H/p-1. The molecular formula is C11H11INS-. The quantitative estimate of drug-likeness (QED) is 0.688. The predicted molar refractivity (Wildman–Crippen MR) is 59.9 cm³/mol. The molecule has 0 saturated carbocycles. The summed E-state index contributed by atoms with van der Waals surface area (Å²) in [5.74, 6) is 0. The van der Waals surface area contributed by atoms with Crippen molar-refractivity contribution in [2.45, 2.75) is 4.90 Å². The maximum Gasteiger partial charge on any atom is 0.0725 e. The molecule has 0 aliphatic carbocycles. The third-order valence-electron chi connectivity index (χ3n) is 2.18. The fourth-order valence-corrected chi connectivity index (χ4v) is 2.27. The number of nitrogens with zero attached hydrogens (tertiary/aromatic N) is 1. The van der Waals surface area contributed by atoms with Crippen LogP contribution in [0.2, 0.25) is 0 Å². The Morgan fingerprint density at radius 2 is 2.14 bits per heavy atom. The van der Waals surface area contributed by atoms with Crippen LogP contribution in [-0.2, 0) is 0 Å². The summed E-state index contributed by atoms with van der Waals surface area (Å²) in [5.41, 5.74) is 2.38. The first kappa shape index (κ1) is 11.7. The summed E-state index contributed by atoms with van der Waals surface area (Å²) >= 11 is 1.72. The van der Waals surface area contributed by atoms with E-state index in [1.165, 1.54) is 10.6 Å². The number of halogens is 1. The number of hydrogen-bond acceptors (Lipinski definition) is 2. The zero-order valence-electron chi connectivity index (χ0n) is 7.96. The van der Waals surface area contributed by atoms with Crippen LogP contribution in [0.25, 0.3) is 6.08 Å². The van der Waals surface area contributed by atoms with Crippen molar-refractivity contribution in [3.63, 3.8) is 0 Å². The third-order valence-corrected chi connectivity index (χ3v) is 3.26. The molecule has 1 aliphatic heterocycles. The number of thioether (sulfide) groups is 1. The van der Waals surface area contributed by atoms with E-state index < -0.39 is 0 Å². The van der Waals surface area contributed by atoms with Gasteiger partial charge in [-0.1, -0.05) is 37.1 Å². The fraction of sp³-hybridized carbons (Fsp3) is 0.0909. The van der Waals surface area contributed by atoms with Gasteiger partial charge in [0.25, 0.3) is 0 Å². The number of benzene rings is 1. The van der Waals surface area contributed by atoms with Gasteiger partial charge in [-0.25, -0.2) is 0 Å². The van der Waals surface area contributed by atoms with Crippen molar-refractivity contribution in [1.82, 2.24) is 0 Å². The van der Waals surface area contributed by atoms with E-state index in [1.807, 2.05) is 13.1 Å². The highest BCUT2D eigenvalue weighted by Crippen LogP contribution is 2.44. The maximum atomic E-state index is 3.97. The highest BCUT2D eigenvalue weighted by molar-refractivity contribution is 8.03. The van der Waals surface area contributed by atoms with E-state index in [9.17, 15) is 0 Å². The average molecular weight is 316 g/mol. The van der Waals surface area contributed by atoms with E-state index in [0.29, 0.717) is 0 Å². The van der Waals surface area contributed by atoms with Gasteiger partial charge in [-0.05, 0) is 17.7 Å². The molecule has 0 fully saturated rings. The van der Waals surface area contributed by atoms with Gasteiger partial charge in [-0.15, -0.1) is 0 Å². The van der Waals surface area contributed by atoms with E-state index >= 15 is 0 Å². The van der Waals surface area contributed by atoms with Crippen LogP contribution < -0.4 is 28.9 Å². The van der Waals surface area contributed by atoms with Crippen LogP contribution in [0.4, 0.5) is 5.69 Å². The lowest BCUT2D eigenvalue weighted by Gasteiger charge is -2.12. The molecule has 1 aliphatic rings. The van der Waals surface area contributed by atoms with Crippen molar-refractivity contribution >= 4 is 23.5 Å². The lowest BCUT2D eigenvalue weighted by atomic mass is 10.2. The summed E-state index contributed by atoms with van der Waals surface area (Å²) in [6.45, 7) is 7.72. The van der Waals surface area contributed by atoms with Crippen LogP contribution in [0.15, 0.2) is 41.3 Å². The molecule has 3 heteroatoms. The van der Waals surface area contributed by atoms with Crippen molar-refractivity contribution in [3.8, 4) is 0 Å². The Bertz CT molecular complexity index is 387. The Morgan fingerprint density at radius 1 is 1.43 bits per heavy atom. The van der Waals surface area contributed by atoms with Crippen LogP contribution in [-0.4, -0.2) is 7.05 Å². The van der Waals surface area contributed by atoms with Gasteiger partial charge >= 0.3 is 0 Å². The Labute approximate surface area is 106 Å². The molecule has 0 unspecified atom stereocenters. The summed E-state index contributed by atoms with van der Waals surface area (Å²) in [4.78, 5) is 3.38. The molecule has 1 heterocycles. The minimum atomic E-state index is 0. The van der Waals surface area contributed by atoms with Crippen LogP contribution >= 0.6 is 11.8 Å². The molecule has 0 spiro atoms. The van der Waals surface area contributed by atoms with Crippen molar-refractivity contribution in [3.05, 3.63) is 41.9 Å². The predicted octanol–water partition coefficient (Wildman–Crippen LogP) is 0.347. The molecule has 1 aromatic rings. The largest absolute Gasteiger partial charge is 1.00 e. The SMILES string of the molecule is C=Cc1ccc2c(c1)N(C)C(=C)S2.[I-].